The molecule has 0 aliphatic heterocycles. The molecular formula is C17H18N2O4S. The fraction of sp³-hybridized carbons (Fsp3) is 0.353. The number of amides is 1. The molecule has 0 fully saturated rings. The first-order valence-corrected chi connectivity index (χ1v) is 8.57. The van der Waals surface area contributed by atoms with Gasteiger partial charge in [0, 0.05) is 5.38 Å². The van der Waals surface area contributed by atoms with Crippen LogP contribution in [0.25, 0.3) is 0 Å². The van der Waals surface area contributed by atoms with Crippen molar-refractivity contribution in [3.8, 4) is 5.75 Å². The summed E-state index contributed by atoms with van der Waals surface area (Å²) in [5.74, 6) is 0.0592. The normalized spacial score (nSPS) is 12.5. The number of hydrogen-bond acceptors (Lipinski definition) is 6. The molecule has 0 atom stereocenters. The zero-order valence-corrected chi connectivity index (χ0v) is 14.1. The number of hydrogen-bond donors (Lipinski definition) is 1. The molecule has 0 spiro atoms. The molecule has 24 heavy (non-hydrogen) atoms. The van der Waals surface area contributed by atoms with Gasteiger partial charge < -0.3 is 9.47 Å². The van der Waals surface area contributed by atoms with Crippen molar-refractivity contribution in [1.29, 1.82) is 0 Å². The van der Waals surface area contributed by atoms with Gasteiger partial charge in [-0.2, -0.15) is 0 Å². The van der Waals surface area contributed by atoms with E-state index in [4.69, 9.17) is 4.74 Å². The first-order chi connectivity index (χ1) is 11.6. The average Bonchev–Trinajstić information content (AvgIpc) is 3.21. The van der Waals surface area contributed by atoms with Gasteiger partial charge in [0.15, 0.2) is 11.7 Å². The third-order valence-electron chi connectivity index (χ3n) is 3.79. The van der Waals surface area contributed by atoms with Gasteiger partial charge in [-0.25, -0.2) is 4.98 Å². The summed E-state index contributed by atoms with van der Waals surface area (Å²) in [4.78, 5) is 27.3. The van der Waals surface area contributed by atoms with Crippen LogP contribution in [-0.4, -0.2) is 30.6 Å². The number of aryl methyl sites for hydroxylation is 2. The van der Waals surface area contributed by atoms with Crippen molar-refractivity contribution in [1.82, 2.24) is 4.98 Å². The second kappa shape index (κ2) is 7.44. The van der Waals surface area contributed by atoms with E-state index in [1.165, 1.54) is 36.0 Å². The first-order valence-electron chi connectivity index (χ1n) is 7.69. The summed E-state index contributed by atoms with van der Waals surface area (Å²) in [7, 11) is 1.33. The lowest BCUT2D eigenvalue weighted by molar-refractivity contribution is -0.139. The highest BCUT2D eigenvalue weighted by molar-refractivity contribution is 7.13. The Labute approximate surface area is 143 Å². The Bertz CT molecular complexity index is 757. The average molecular weight is 346 g/mol. The molecule has 1 aliphatic carbocycles. The van der Waals surface area contributed by atoms with Crippen LogP contribution in [0, 0.1) is 0 Å². The van der Waals surface area contributed by atoms with Gasteiger partial charge >= 0.3 is 5.97 Å². The van der Waals surface area contributed by atoms with Gasteiger partial charge in [0.2, 0.25) is 0 Å². The molecule has 2 aromatic rings. The van der Waals surface area contributed by atoms with Gasteiger partial charge in [-0.05, 0) is 42.5 Å². The Balaban J connectivity index is 1.50. The van der Waals surface area contributed by atoms with E-state index in [1.807, 2.05) is 12.1 Å². The number of ether oxygens (including phenoxy) is 2. The summed E-state index contributed by atoms with van der Waals surface area (Å²) in [6.45, 7) is -0.0787. The molecule has 3 rings (SSSR count). The second-order valence-electron chi connectivity index (χ2n) is 5.52. The summed E-state index contributed by atoms with van der Waals surface area (Å²) in [5.41, 5.74) is 3.25. The number of rotatable bonds is 6. The topological polar surface area (TPSA) is 77.5 Å². The molecule has 0 bridgehead atoms. The molecule has 0 unspecified atom stereocenters. The third kappa shape index (κ3) is 4.11. The van der Waals surface area contributed by atoms with Gasteiger partial charge in [0.05, 0.1) is 19.2 Å². The van der Waals surface area contributed by atoms with Gasteiger partial charge in [-0.15, -0.1) is 11.3 Å². The minimum Gasteiger partial charge on any atom is -0.484 e. The molecule has 1 aliphatic rings. The summed E-state index contributed by atoms with van der Waals surface area (Å²) in [5, 5.41) is 4.82. The van der Waals surface area contributed by atoms with Crippen molar-refractivity contribution in [2.45, 2.75) is 25.7 Å². The lowest BCUT2D eigenvalue weighted by Crippen LogP contribution is -2.20. The molecule has 0 saturated heterocycles. The molecule has 1 heterocycles. The van der Waals surface area contributed by atoms with Crippen LogP contribution in [0.5, 0.6) is 5.75 Å². The molecule has 1 aromatic heterocycles. The van der Waals surface area contributed by atoms with E-state index in [0.717, 1.165) is 12.8 Å². The Morgan fingerprint density at radius 3 is 2.96 bits per heavy atom. The van der Waals surface area contributed by atoms with E-state index in [2.05, 4.69) is 21.1 Å². The molecular weight excluding hydrogens is 328 g/mol. The van der Waals surface area contributed by atoms with Gasteiger partial charge in [-0.1, -0.05) is 6.07 Å². The van der Waals surface area contributed by atoms with Crippen LogP contribution in [0.3, 0.4) is 0 Å². The standard InChI is InChI=1S/C17H18N2O4S/c1-22-16(21)8-13-10-24-17(18-13)19-15(20)9-23-14-6-5-11-3-2-4-12(11)7-14/h5-7,10H,2-4,8-9H2,1H3,(H,18,19,20). The largest absolute Gasteiger partial charge is 0.484 e. The van der Waals surface area contributed by atoms with Crippen LogP contribution >= 0.6 is 11.3 Å². The van der Waals surface area contributed by atoms with Crippen LogP contribution in [0.2, 0.25) is 0 Å². The van der Waals surface area contributed by atoms with E-state index in [0.29, 0.717) is 16.6 Å². The fourth-order valence-corrected chi connectivity index (χ4v) is 3.33. The molecule has 7 heteroatoms. The summed E-state index contributed by atoms with van der Waals surface area (Å²) < 4.78 is 10.1. The van der Waals surface area contributed by atoms with Gasteiger partial charge in [0.1, 0.15) is 5.75 Å². The van der Waals surface area contributed by atoms with E-state index in [-0.39, 0.29) is 24.9 Å². The predicted molar refractivity (Wildman–Crippen MR) is 90.4 cm³/mol. The number of benzene rings is 1. The van der Waals surface area contributed by atoms with Gasteiger partial charge in [0.25, 0.3) is 5.91 Å². The first kappa shape index (κ1) is 16.4. The highest BCUT2D eigenvalue weighted by Crippen LogP contribution is 2.26. The summed E-state index contributed by atoms with van der Waals surface area (Å²) in [6.07, 6.45) is 3.46. The number of thiazole rings is 1. The van der Waals surface area contributed by atoms with Crippen molar-refractivity contribution in [2.24, 2.45) is 0 Å². The lowest BCUT2D eigenvalue weighted by Gasteiger charge is -2.07. The number of nitrogens with one attached hydrogen (secondary N) is 1. The highest BCUT2D eigenvalue weighted by atomic mass is 32.1. The number of carbonyl (C=O) groups is 2. The number of fused-ring (bicyclic) bond motifs is 1. The van der Waals surface area contributed by atoms with E-state index in [1.54, 1.807) is 5.38 Å². The fourth-order valence-electron chi connectivity index (χ4n) is 2.61. The maximum atomic E-state index is 11.9. The SMILES string of the molecule is COC(=O)Cc1csc(NC(=O)COc2ccc3c(c2)CCC3)n1. The van der Waals surface area contributed by atoms with Crippen molar-refractivity contribution < 1.29 is 19.1 Å². The number of aromatic nitrogens is 1. The minimum absolute atomic E-state index is 0.0787. The van der Waals surface area contributed by atoms with Crippen LogP contribution in [0.15, 0.2) is 23.6 Å². The molecule has 1 aromatic carbocycles. The van der Waals surface area contributed by atoms with Crippen molar-refractivity contribution in [2.75, 3.05) is 19.0 Å². The Morgan fingerprint density at radius 1 is 1.29 bits per heavy atom. The molecule has 1 N–H and O–H groups in total. The minimum atomic E-state index is -0.363. The monoisotopic (exact) mass is 346 g/mol. The number of methoxy groups -OCH3 is 1. The number of nitrogens with zero attached hydrogens (tertiary/aromatic N) is 1. The van der Waals surface area contributed by atoms with E-state index < -0.39 is 0 Å². The van der Waals surface area contributed by atoms with Crippen molar-refractivity contribution >= 4 is 28.3 Å². The Kier molecular flexibility index (Phi) is 5.10. The highest BCUT2D eigenvalue weighted by Gasteiger charge is 2.13. The third-order valence-corrected chi connectivity index (χ3v) is 4.60. The quantitative estimate of drug-likeness (QED) is 0.813. The van der Waals surface area contributed by atoms with Crippen LogP contribution in [-0.2, 0) is 33.6 Å². The molecule has 1 amide bonds. The van der Waals surface area contributed by atoms with Crippen molar-refractivity contribution in [3.63, 3.8) is 0 Å². The van der Waals surface area contributed by atoms with E-state index >= 15 is 0 Å². The Hall–Kier alpha value is -2.41. The number of carbonyl (C=O) groups excluding carboxylic acids is 2. The zero-order chi connectivity index (χ0) is 16.9. The molecule has 6 nitrogen and oxygen atoms in total. The molecule has 126 valence electrons. The van der Waals surface area contributed by atoms with Crippen LogP contribution in [0.1, 0.15) is 23.2 Å². The Morgan fingerprint density at radius 2 is 2.12 bits per heavy atom. The smallest absolute Gasteiger partial charge is 0.311 e. The maximum Gasteiger partial charge on any atom is 0.311 e. The van der Waals surface area contributed by atoms with E-state index in [9.17, 15) is 9.59 Å². The zero-order valence-electron chi connectivity index (χ0n) is 13.3. The molecule has 0 radical (unpaired) electrons. The number of anilines is 1. The predicted octanol–water partition coefficient (Wildman–Crippen LogP) is 2.36. The second-order valence-corrected chi connectivity index (χ2v) is 6.38. The van der Waals surface area contributed by atoms with Crippen LogP contribution < -0.4 is 10.1 Å². The molecule has 0 saturated carbocycles. The summed E-state index contributed by atoms with van der Waals surface area (Å²) >= 11 is 1.26. The summed E-state index contributed by atoms with van der Waals surface area (Å²) in [6, 6.07) is 5.97. The number of esters is 1. The maximum absolute atomic E-state index is 11.9. The van der Waals surface area contributed by atoms with Crippen molar-refractivity contribution in [3.05, 3.63) is 40.4 Å². The lowest BCUT2D eigenvalue weighted by atomic mass is 10.1. The van der Waals surface area contributed by atoms with Crippen LogP contribution in [0.4, 0.5) is 5.13 Å². The van der Waals surface area contributed by atoms with Gasteiger partial charge in [-0.3, -0.25) is 14.9 Å².